The number of hydrogen-bond acceptors (Lipinski definition) is 5. The van der Waals surface area contributed by atoms with E-state index in [1.54, 1.807) is 0 Å². The Kier molecular flexibility index (Phi) is 4.55. The maximum atomic E-state index is 6.14. The molecule has 114 valence electrons. The Morgan fingerprint density at radius 1 is 1.48 bits per heavy atom. The first kappa shape index (κ1) is 14.5. The van der Waals surface area contributed by atoms with E-state index in [0.29, 0.717) is 5.92 Å². The first-order valence-electron chi connectivity index (χ1n) is 7.66. The standard InChI is InChI=1S/C15H23N5S/c1-11-7-8-20(10-13(11)16)15-17-14(18-19-15)6-2-4-12-5-3-9-21-12/h3,5,9,11,13H,2,4,6-8,10,16H2,1H3,(H,17,18,19). The fourth-order valence-electron chi connectivity index (χ4n) is 2.70. The van der Waals surface area contributed by atoms with Crippen LogP contribution in [0.3, 0.4) is 0 Å². The number of nitrogens with two attached hydrogens (primary N) is 1. The smallest absolute Gasteiger partial charge is 0.244 e. The van der Waals surface area contributed by atoms with Crippen molar-refractivity contribution >= 4 is 17.3 Å². The van der Waals surface area contributed by atoms with Crippen molar-refractivity contribution in [3.8, 4) is 0 Å². The van der Waals surface area contributed by atoms with Crippen LogP contribution in [0.25, 0.3) is 0 Å². The number of nitrogens with zero attached hydrogens (tertiary/aromatic N) is 3. The molecule has 5 nitrogen and oxygen atoms in total. The summed E-state index contributed by atoms with van der Waals surface area (Å²) in [6.45, 7) is 4.07. The van der Waals surface area contributed by atoms with E-state index in [4.69, 9.17) is 5.73 Å². The number of aryl methyl sites for hydroxylation is 2. The Hall–Kier alpha value is -1.40. The normalized spacial score (nSPS) is 22.7. The van der Waals surface area contributed by atoms with E-state index in [-0.39, 0.29) is 6.04 Å². The number of piperidine rings is 1. The van der Waals surface area contributed by atoms with E-state index in [9.17, 15) is 0 Å². The molecule has 0 saturated carbocycles. The van der Waals surface area contributed by atoms with Crippen molar-refractivity contribution in [3.63, 3.8) is 0 Å². The van der Waals surface area contributed by atoms with Crippen LogP contribution in [-0.2, 0) is 12.8 Å². The zero-order valence-corrected chi connectivity index (χ0v) is 13.3. The first-order valence-corrected chi connectivity index (χ1v) is 8.54. The Morgan fingerprint density at radius 3 is 3.14 bits per heavy atom. The Labute approximate surface area is 129 Å². The minimum atomic E-state index is 0.222. The topological polar surface area (TPSA) is 70.8 Å². The van der Waals surface area contributed by atoms with Crippen LogP contribution in [0.5, 0.6) is 0 Å². The maximum absolute atomic E-state index is 6.14. The third-order valence-electron chi connectivity index (χ3n) is 4.24. The molecule has 1 saturated heterocycles. The Bertz CT molecular complexity index is 550. The van der Waals surface area contributed by atoms with Crippen molar-refractivity contribution in [1.82, 2.24) is 15.2 Å². The molecule has 3 heterocycles. The summed E-state index contributed by atoms with van der Waals surface area (Å²) in [5.41, 5.74) is 6.14. The summed E-state index contributed by atoms with van der Waals surface area (Å²) >= 11 is 1.82. The van der Waals surface area contributed by atoms with Gasteiger partial charge < -0.3 is 10.6 Å². The van der Waals surface area contributed by atoms with Crippen LogP contribution >= 0.6 is 11.3 Å². The monoisotopic (exact) mass is 305 g/mol. The van der Waals surface area contributed by atoms with Crippen LogP contribution in [-0.4, -0.2) is 34.3 Å². The number of hydrogen-bond donors (Lipinski definition) is 2. The molecule has 1 fully saturated rings. The average Bonchev–Trinajstić information content (AvgIpc) is 3.13. The highest BCUT2D eigenvalue weighted by Gasteiger charge is 2.25. The van der Waals surface area contributed by atoms with Gasteiger partial charge >= 0.3 is 0 Å². The molecule has 2 atom stereocenters. The molecular formula is C15H23N5S. The van der Waals surface area contributed by atoms with Gasteiger partial charge in [0.15, 0.2) is 0 Å². The molecule has 3 N–H and O–H groups in total. The fraction of sp³-hybridized carbons (Fsp3) is 0.600. The molecule has 1 aliphatic rings. The highest BCUT2D eigenvalue weighted by molar-refractivity contribution is 7.09. The molecule has 2 aromatic heterocycles. The van der Waals surface area contributed by atoms with Crippen LogP contribution in [0.15, 0.2) is 17.5 Å². The number of aromatic nitrogens is 3. The summed E-state index contributed by atoms with van der Waals surface area (Å²) in [7, 11) is 0. The van der Waals surface area contributed by atoms with E-state index in [1.165, 1.54) is 4.88 Å². The van der Waals surface area contributed by atoms with Gasteiger partial charge in [-0.15, -0.1) is 16.4 Å². The molecule has 0 spiro atoms. The minimum Gasteiger partial charge on any atom is -0.338 e. The number of H-pyrrole nitrogens is 1. The van der Waals surface area contributed by atoms with Crippen LogP contribution in [0, 0.1) is 5.92 Å². The van der Waals surface area contributed by atoms with E-state index in [2.05, 4.69) is 44.5 Å². The molecular weight excluding hydrogens is 282 g/mol. The van der Waals surface area contributed by atoms with Crippen molar-refractivity contribution in [3.05, 3.63) is 28.2 Å². The molecule has 1 aliphatic heterocycles. The second-order valence-corrected chi connectivity index (χ2v) is 6.92. The quantitative estimate of drug-likeness (QED) is 0.888. The van der Waals surface area contributed by atoms with Crippen molar-refractivity contribution in [1.29, 1.82) is 0 Å². The van der Waals surface area contributed by atoms with E-state index < -0.39 is 0 Å². The predicted octanol–water partition coefficient (Wildman–Crippen LogP) is 2.21. The minimum absolute atomic E-state index is 0.222. The lowest BCUT2D eigenvalue weighted by Gasteiger charge is -2.34. The SMILES string of the molecule is CC1CCN(c2n[nH]c(CCCc3cccs3)n2)CC1N. The van der Waals surface area contributed by atoms with Gasteiger partial charge in [-0.3, -0.25) is 5.10 Å². The Balaban J connectivity index is 1.51. The molecule has 21 heavy (non-hydrogen) atoms. The molecule has 0 amide bonds. The van der Waals surface area contributed by atoms with Crippen molar-refractivity contribution in [2.45, 2.75) is 38.6 Å². The number of anilines is 1. The number of nitrogens with one attached hydrogen (secondary N) is 1. The van der Waals surface area contributed by atoms with Crippen LogP contribution in [0.2, 0.25) is 0 Å². The van der Waals surface area contributed by atoms with Crippen LogP contribution in [0.1, 0.15) is 30.5 Å². The lowest BCUT2D eigenvalue weighted by molar-refractivity contribution is 0.376. The highest BCUT2D eigenvalue weighted by Crippen LogP contribution is 2.19. The second kappa shape index (κ2) is 6.58. The summed E-state index contributed by atoms with van der Waals surface area (Å²) in [5, 5.41) is 9.55. The summed E-state index contributed by atoms with van der Waals surface area (Å²) in [6, 6.07) is 4.51. The second-order valence-electron chi connectivity index (χ2n) is 5.89. The molecule has 3 rings (SSSR count). The predicted molar refractivity (Wildman–Crippen MR) is 86.7 cm³/mol. The zero-order chi connectivity index (χ0) is 14.7. The fourth-order valence-corrected chi connectivity index (χ4v) is 3.46. The molecule has 0 radical (unpaired) electrons. The highest BCUT2D eigenvalue weighted by atomic mass is 32.1. The van der Waals surface area contributed by atoms with Gasteiger partial charge in [0.1, 0.15) is 5.82 Å². The zero-order valence-electron chi connectivity index (χ0n) is 12.5. The van der Waals surface area contributed by atoms with E-state index in [0.717, 1.165) is 50.5 Å². The van der Waals surface area contributed by atoms with Gasteiger partial charge in [0.2, 0.25) is 5.95 Å². The molecule has 0 aromatic carbocycles. The van der Waals surface area contributed by atoms with Gasteiger partial charge in [0, 0.05) is 30.4 Å². The van der Waals surface area contributed by atoms with E-state index in [1.807, 2.05) is 11.3 Å². The first-order chi connectivity index (χ1) is 10.2. The van der Waals surface area contributed by atoms with Crippen LogP contribution < -0.4 is 10.6 Å². The van der Waals surface area contributed by atoms with Gasteiger partial charge in [-0.1, -0.05) is 13.0 Å². The van der Waals surface area contributed by atoms with Gasteiger partial charge in [-0.2, -0.15) is 4.98 Å². The average molecular weight is 305 g/mol. The molecule has 0 bridgehead atoms. The molecule has 2 aromatic rings. The molecule has 0 aliphatic carbocycles. The van der Waals surface area contributed by atoms with Crippen molar-refractivity contribution in [2.75, 3.05) is 18.0 Å². The lowest BCUT2D eigenvalue weighted by atomic mass is 9.95. The summed E-state index contributed by atoms with van der Waals surface area (Å²) in [4.78, 5) is 8.25. The summed E-state index contributed by atoms with van der Waals surface area (Å²) in [6.07, 6.45) is 4.27. The van der Waals surface area contributed by atoms with Gasteiger partial charge in [-0.25, -0.2) is 0 Å². The number of thiophene rings is 1. The third kappa shape index (κ3) is 3.63. The van der Waals surface area contributed by atoms with Crippen molar-refractivity contribution < 1.29 is 0 Å². The van der Waals surface area contributed by atoms with Gasteiger partial charge in [-0.05, 0) is 36.6 Å². The molecule has 6 heteroatoms. The number of rotatable bonds is 5. The summed E-state index contributed by atoms with van der Waals surface area (Å²) in [5.74, 6) is 2.38. The van der Waals surface area contributed by atoms with Gasteiger partial charge in [0.25, 0.3) is 0 Å². The lowest BCUT2D eigenvalue weighted by Crippen LogP contribution is -2.48. The largest absolute Gasteiger partial charge is 0.338 e. The molecule has 2 unspecified atom stereocenters. The number of aromatic amines is 1. The summed E-state index contributed by atoms with van der Waals surface area (Å²) < 4.78 is 0. The third-order valence-corrected chi connectivity index (χ3v) is 5.17. The van der Waals surface area contributed by atoms with Crippen molar-refractivity contribution in [2.24, 2.45) is 11.7 Å². The maximum Gasteiger partial charge on any atom is 0.244 e. The van der Waals surface area contributed by atoms with E-state index >= 15 is 0 Å². The van der Waals surface area contributed by atoms with Crippen LogP contribution in [0.4, 0.5) is 5.95 Å². The Morgan fingerprint density at radius 2 is 2.38 bits per heavy atom. The van der Waals surface area contributed by atoms with Gasteiger partial charge in [0.05, 0.1) is 0 Å².